The van der Waals surface area contributed by atoms with Gasteiger partial charge in [-0.3, -0.25) is 4.79 Å². The number of methoxy groups -OCH3 is 1. The van der Waals surface area contributed by atoms with Crippen LogP contribution < -0.4 is 4.90 Å². The summed E-state index contributed by atoms with van der Waals surface area (Å²) in [6.07, 6.45) is 1.95. The molecule has 0 N–H and O–H groups in total. The van der Waals surface area contributed by atoms with Gasteiger partial charge in [-0.05, 0) is 12.1 Å². The van der Waals surface area contributed by atoms with Crippen LogP contribution in [0.2, 0.25) is 0 Å². The van der Waals surface area contributed by atoms with Crippen molar-refractivity contribution in [3.05, 3.63) is 42.0 Å². The molecule has 0 aromatic heterocycles. The second kappa shape index (κ2) is 6.86. The van der Waals surface area contributed by atoms with E-state index in [1.54, 1.807) is 6.08 Å². The minimum Gasteiger partial charge on any atom is -0.383 e. The average molecular weight is 255 g/mol. The Labute approximate surface area is 105 Å². The van der Waals surface area contributed by atoms with Gasteiger partial charge in [-0.15, -0.1) is 6.58 Å². The molecular weight excluding hydrogens is 240 g/mol. The van der Waals surface area contributed by atoms with Crippen LogP contribution in [0.25, 0.3) is 0 Å². The Morgan fingerprint density at radius 1 is 1.39 bits per heavy atom. The maximum absolute atomic E-state index is 13.8. The highest BCUT2D eigenvalue weighted by Crippen LogP contribution is 2.24. The van der Waals surface area contributed by atoms with Gasteiger partial charge >= 0.3 is 0 Å². The molecule has 3 nitrogen and oxygen atoms in total. The summed E-state index contributed by atoms with van der Waals surface area (Å²) in [6.45, 7) is 4.50. The zero-order valence-corrected chi connectivity index (χ0v) is 10.2. The summed E-state index contributed by atoms with van der Waals surface area (Å²) in [7, 11) is 1.51. The summed E-state index contributed by atoms with van der Waals surface area (Å²) in [5, 5.41) is 0. The van der Waals surface area contributed by atoms with E-state index in [1.807, 2.05) is 0 Å². The van der Waals surface area contributed by atoms with Gasteiger partial charge in [0.25, 0.3) is 0 Å². The normalized spacial score (nSPS) is 10.2. The molecule has 0 spiro atoms. The maximum atomic E-state index is 13.8. The number of rotatable bonds is 7. The molecular formula is C13H15F2NO2. The second-order valence-corrected chi connectivity index (χ2v) is 3.68. The fourth-order valence-electron chi connectivity index (χ4n) is 1.61. The zero-order valence-electron chi connectivity index (χ0n) is 10.2. The standard InChI is InChI=1S/C13H15F2NO2/c1-3-4-16(5-6-18-2)13-11(14)7-10(9-17)8-12(13)15/h3,7-9H,1,4-6H2,2H3. The number of hydrogen-bond donors (Lipinski definition) is 0. The second-order valence-electron chi connectivity index (χ2n) is 3.68. The van der Waals surface area contributed by atoms with Crippen LogP contribution in [-0.2, 0) is 4.74 Å². The number of aldehydes is 1. The molecule has 0 atom stereocenters. The van der Waals surface area contributed by atoms with Crippen molar-refractivity contribution in [2.24, 2.45) is 0 Å². The molecule has 0 fully saturated rings. The molecule has 1 aromatic carbocycles. The van der Waals surface area contributed by atoms with Crippen molar-refractivity contribution in [2.75, 3.05) is 31.7 Å². The van der Waals surface area contributed by atoms with E-state index in [9.17, 15) is 13.6 Å². The Hall–Kier alpha value is -1.75. The first kappa shape index (κ1) is 14.3. The molecule has 0 amide bonds. The Morgan fingerprint density at radius 2 is 2.00 bits per heavy atom. The SMILES string of the molecule is C=CCN(CCOC)c1c(F)cc(C=O)cc1F. The number of ether oxygens (including phenoxy) is 1. The molecule has 0 heterocycles. The first-order valence-corrected chi connectivity index (χ1v) is 5.43. The molecule has 0 aliphatic carbocycles. The van der Waals surface area contributed by atoms with Crippen LogP contribution >= 0.6 is 0 Å². The number of hydrogen-bond acceptors (Lipinski definition) is 3. The molecule has 1 aromatic rings. The number of carbonyl (C=O) groups excluding carboxylic acids is 1. The van der Waals surface area contributed by atoms with E-state index < -0.39 is 11.6 Å². The van der Waals surface area contributed by atoms with Crippen LogP contribution in [0.15, 0.2) is 24.8 Å². The van der Waals surface area contributed by atoms with E-state index in [0.717, 1.165) is 12.1 Å². The first-order chi connectivity index (χ1) is 8.63. The van der Waals surface area contributed by atoms with E-state index in [-0.39, 0.29) is 17.8 Å². The first-order valence-electron chi connectivity index (χ1n) is 5.43. The van der Waals surface area contributed by atoms with E-state index >= 15 is 0 Å². The molecule has 98 valence electrons. The Balaban J connectivity index is 3.10. The van der Waals surface area contributed by atoms with Crippen molar-refractivity contribution in [3.63, 3.8) is 0 Å². The Kier molecular flexibility index (Phi) is 5.45. The number of halogens is 2. The molecule has 0 aliphatic heterocycles. The highest BCUT2D eigenvalue weighted by atomic mass is 19.1. The highest BCUT2D eigenvalue weighted by Gasteiger charge is 2.17. The van der Waals surface area contributed by atoms with Crippen molar-refractivity contribution >= 4 is 12.0 Å². The fourth-order valence-corrected chi connectivity index (χ4v) is 1.61. The van der Waals surface area contributed by atoms with Crippen LogP contribution in [0.4, 0.5) is 14.5 Å². The molecule has 0 saturated carbocycles. The molecule has 0 bridgehead atoms. The van der Waals surface area contributed by atoms with Crippen molar-refractivity contribution < 1.29 is 18.3 Å². The van der Waals surface area contributed by atoms with Crippen molar-refractivity contribution in [1.29, 1.82) is 0 Å². The summed E-state index contributed by atoms with van der Waals surface area (Å²) in [5.74, 6) is -1.54. The van der Waals surface area contributed by atoms with Crippen molar-refractivity contribution in [2.45, 2.75) is 0 Å². The largest absolute Gasteiger partial charge is 0.383 e. The zero-order chi connectivity index (χ0) is 13.5. The van der Waals surface area contributed by atoms with Crippen LogP contribution in [-0.4, -0.2) is 33.1 Å². The van der Waals surface area contributed by atoms with Gasteiger partial charge in [0.15, 0.2) is 0 Å². The topological polar surface area (TPSA) is 29.5 Å². The molecule has 0 radical (unpaired) electrons. The van der Waals surface area contributed by atoms with Crippen LogP contribution in [0.3, 0.4) is 0 Å². The number of benzene rings is 1. The summed E-state index contributed by atoms with van der Waals surface area (Å²) >= 11 is 0. The fraction of sp³-hybridized carbons (Fsp3) is 0.308. The van der Waals surface area contributed by atoms with Crippen LogP contribution in [0, 0.1) is 11.6 Å². The molecule has 0 aliphatic rings. The van der Waals surface area contributed by atoms with Gasteiger partial charge in [-0.2, -0.15) is 0 Å². The highest BCUT2D eigenvalue weighted by molar-refractivity contribution is 5.76. The number of anilines is 1. The minimum atomic E-state index is -0.768. The summed E-state index contributed by atoms with van der Waals surface area (Å²) < 4.78 is 32.5. The monoisotopic (exact) mass is 255 g/mol. The lowest BCUT2D eigenvalue weighted by Crippen LogP contribution is -2.29. The third kappa shape index (κ3) is 3.37. The average Bonchev–Trinajstić information content (AvgIpc) is 2.34. The predicted octanol–water partition coefficient (Wildman–Crippen LogP) is 2.42. The number of carbonyl (C=O) groups is 1. The Morgan fingerprint density at radius 3 is 2.44 bits per heavy atom. The third-order valence-corrected chi connectivity index (χ3v) is 2.41. The lowest BCUT2D eigenvalue weighted by atomic mass is 10.2. The summed E-state index contributed by atoms with van der Waals surface area (Å²) in [6, 6.07) is 2.02. The Bertz CT molecular complexity index is 412. The van der Waals surface area contributed by atoms with E-state index in [4.69, 9.17) is 4.74 Å². The lowest BCUT2D eigenvalue weighted by Gasteiger charge is -2.24. The molecule has 5 heteroatoms. The molecule has 0 saturated heterocycles. The van der Waals surface area contributed by atoms with Gasteiger partial charge in [0.1, 0.15) is 23.6 Å². The predicted molar refractivity (Wildman–Crippen MR) is 66.0 cm³/mol. The lowest BCUT2D eigenvalue weighted by molar-refractivity contribution is 0.112. The van der Waals surface area contributed by atoms with Gasteiger partial charge in [-0.1, -0.05) is 6.08 Å². The number of nitrogens with zero attached hydrogens (tertiary/aromatic N) is 1. The van der Waals surface area contributed by atoms with E-state index in [2.05, 4.69) is 6.58 Å². The van der Waals surface area contributed by atoms with Gasteiger partial charge in [0, 0.05) is 25.8 Å². The van der Waals surface area contributed by atoms with Gasteiger partial charge in [0.05, 0.1) is 6.61 Å². The third-order valence-electron chi connectivity index (χ3n) is 2.41. The smallest absolute Gasteiger partial charge is 0.150 e. The van der Waals surface area contributed by atoms with Crippen molar-refractivity contribution in [1.82, 2.24) is 0 Å². The summed E-state index contributed by atoms with van der Waals surface area (Å²) in [5.41, 5.74) is -0.198. The van der Waals surface area contributed by atoms with Gasteiger partial charge in [-0.25, -0.2) is 8.78 Å². The molecule has 1 rings (SSSR count). The van der Waals surface area contributed by atoms with E-state index in [1.165, 1.54) is 12.0 Å². The van der Waals surface area contributed by atoms with E-state index in [0.29, 0.717) is 19.4 Å². The van der Waals surface area contributed by atoms with Gasteiger partial charge < -0.3 is 9.64 Å². The van der Waals surface area contributed by atoms with Crippen molar-refractivity contribution in [3.8, 4) is 0 Å². The summed E-state index contributed by atoms with van der Waals surface area (Å²) in [4.78, 5) is 12.0. The maximum Gasteiger partial charge on any atom is 0.150 e. The van der Waals surface area contributed by atoms with Gasteiger partial charge in [0.2, 0.25) is 0 Å². The molecule has 0 unspecified atom stereocenters. The van der Waals surface area contributed by atoms with Crippen LogP contribution in [0.1, 0.15) is 10.4 Å². The van der Waals surface area contributed by atoms with Crippen LogP contribution in [0.5, 0.6) is 0 Å². The minimum absolute atomic E-state index is 0.0287. The molecule has 18 heavy (non-hydrogen) atoms. The quantitative estimate of drug-likeness (QED) is 0.553.